The van der Waals surface area contributed by atoms with Crippen molar-refractivity contribution < 1.29 is 8.42 Å². The van der Waals surface area contributed by atoms with Crippen molar-refractivity contribution in [1.82, 2.24) is 4.90 Å². The van der Waals surface area contributed by atoms with Crippen LogP contribution >= 0.6 is 11.6 Å². The molecule has 0 radical (unpaired) electrons. The molecule has 1 aromatic carbocycles. The topological polar surface area (TPSA) is 79.0 Å². The van der Waals surface area contributed by atoms with Gasteiger partial charge in [0.15, 0.2) is 15.8 Å². The quantitative estimate of drug-likeness (QED) is 0.634. The second-order valence-corrected chi connectivity index (χ2v) is 9.47. The zero-order valence-corrected chi connectivity index (χ0v) is 15.8. The van der Waals surface area contributed by atoms with Gasteiger partial charge in [0.25, 0.3) is 0 Å². The lowest BCUT2D eigenvalue weighted by molar-refractivity contribution is 0.380. The summed E-state index contributed by atoms with van der Waals surface area (Å²) in [5.41, 5.74) is 7.25. The van der Waals surface area contributed by atoms with Crippen molar-refractivity contribution in [2.75, 3.05) is 43.4 Å². The molecule has 2 aliphatic heterocycles. The van der Waals surface area contributed by atoms with Crippen molar-refractivity contribution in [2.24, 2.45) is 10.7 Å². The zero-order chi connectivity index (χ0) is 17.9. The summed E-state index contributed by atoms with van der Waals surface area (Å²) in [6.45, 7) is 3.52. The highest BCUT2D eigenvalue weighted by Gasteiger charge is 2.28. The van der Waals surface area contributed by atoms with Gasteiger partial charge in [-0.1, -0.05) is 18.0 Å². The number of rotatable bonds is 3. The first-order valence-corrected chi connectivity index (χ1v) is 10.8. The number of benzene rings is 1. The molecule has 0 amide bonds. The Morgan fingerprint density at radius 1 is 1.16 bits per heavy atom. The minimum absolute atomic E-state index is 0.283. The van der Waals surface area contributed by atoms with Crippen molar-refractivity contribution in [2.45, 2.75) is 24.5 Å². The van der Waals surface area contributed by atoms with E-state index in [1.54, 1.807) is 0 Å². The molecule has 138 valence electrons. The molecule has 2 saturated heterocycles. The largest absolute Gasteiger partial charge is 0.370 e. The van der Waals surface area contributed by atoms with Gasteiger partial charge in [0.1, 0.15) is 0 Å². The van der Waals surface area contributed by atoms with Gasteiger partial charge < -0.3 is 15.5 Å². The number of guanidine groups is 1. The lowest BCUT2D eigenvalue weighted by Gasteiger charge is -2.36. The summed E-state index contributed by atoms with van der Waals surface area (Å²) in [4.78, 5) is 8.69. The molecule has 2 fully saturated rings. The third kappa shape index (κ3) is 4.58. The van der Waals surface area contributed by atoms with Crippen LogP contribution in [-0.2, 0) is 9.84 Å². The van der Waals surface area contributed by atoms with E-state index >= 15 is 0 Å². The minimum Gasteiger partial charge on any atom is -0.370 e. The van der Waals surface area contributed by atoms with Crippen LogP contribution in [0.4, 0.5) is 5.69 Å². The van der Waals surface area contributed by atoms with Gasteiger partial charge in [-0.05, 0) is 37.1 Å². The molecule has 2 aliphatic rings. The molecule has 2 heterocycles. The summed E-state index contributed by atoms with van der Waals surface area (Å²) in [7, 11) is -3.00. The molecule has 0 saturated carbocycles. The number of hydrogen-bond acceptors (Lipinski definition) is 4. The van der Waals surface area contributed by atoms with Crippen LogP contribution in [0.3, 0.4) is 0 Å². The Morgan fingerprint density at radius 2 is 1.84 bits per heavy atom. The van der Waals surface area contributed by atoms with E-state index in [9.17, 15) is 8.42 Å². The van der Waals surface area contributed by atoms with Crippen LogP contribution < -0.4 is 10.6 Å². The molecule has 6 nitrogen and oxygen atoms in total. The van der Waals surface area contributed by atoms with Gasteiger partial charge in [-0.25, -0.2) is 8.42 Å². The van der Waals surface area contributed by atoms with Crippen molar-refractivity contribution in [1.29, 1.82) is 0 Å². The van der Waals surface area contributed by atoms with E-state index in [2.05, 4.69) is 9.89 Å². The van der Waals surface area contributed by atoms with Crippen molar-refractivity contribution in [3.05, 3.63) is 29.3 Å². The Kier molecular flexibility index (Phi) is 5.74. The van der Waals surface area contributed by atoms with E-state index in [1.165, 1.54) is 0 Å². The number of anilines is 1. The fourth-order valence-corrected chi connectivity index (χ4v) is 5.26. The number of nitrogens with two attached hydrogens (primary N) is 1. The van der Waals surface area contributed by atoms with E-state index in [1.807, 2.05) is 29.2 Å². The molecule has 25 heavy (non-hydrogen) atoms. The Labute approximate surface area is 154 Å². The molecule has 0 aliphatic carbocycles. The standard InChI is InChI=1S/C17H25ClN4O2S/c18-14-4-6-15(7-5-14)21-8-10-22(11-9-21)17(19)20-13-16-3-1-2-12-25(16,23)24/h4-7,16H,1-3,8-13H2,(H2,19,20). The Balaban J connectivity index is 1.54. The van der Waals surface area contributed by atoms with Crippen LogP contribution in [-0.4, -0.2) is 63.0 Å². The second-order valence-electron chi connectivity index (χ2n) is 6.63. The average molecular weight is 385 g/mol. The van der Waals surface area contributed by atoms with Crippen molar-refractivity contribution in [3.63, 3.8) is 0 Å². The monoisotopic (exact) mass is 384 g/mol. The van der Waals surface area contributed by atoms with E-state index in [0.29, 0.717) is 12.4 Å². The first kappa shape index (κ1) is 18.3. The molecule has 0 bridgehead atoms. The first-order valence-electron chi connectivity index (χ1n) is 8.73. The summed E-state index contributed by atoms with van der Waals surface area (Å²) in [5, 5.41) is 0.367. The number of piperazine rings is 1. The maximum Gasteiger partial charge on any atom is 0.191 e. The maximum atomic E-state index is 12.1. The number of nitrogens with zero attached hydrogens (tertiary/aromatic N) is 3. The van der Waals surface area contributed by atoms with Gasteiger partial charge >= 0.3 is 0 Å². The third-order valence-corrected chi connectivity index (χ3v) is 7.48. The van der Waals surface area contributed by atoms with Crippen molar-refractivity contribution >= 4 is 33.1 Å². The predicted octanol–water partition coefficient (Wildman–Crippen LogP) is 1.74. The molecule has 3 rings (SSSR count). The number of hydrogen-bond donors (Lipinski definition) is 1. The fraction of sp³-hybridized carbons (Fsp3) is 0.588. The lowest BCUT2D eigenvalue weighted by Crippen LogP contribution is -2.51. The number of aliphatic imine (C=N–C) groups is 1. The van der Waals surface area contributed by atoms with Gasteiger partial charge in [0.2, 0.25) is 0 Å². The van der Waals surface area contributed by atoms with Gasteiger partial charge in [-0.3, -0.25) is 4.99 Å². The summed E-state index contributed by atoms with van der Waals surface area (Å²) < 4.78 is 24.1. The Morgan fingerprint density at radius 3 is 2.48 bits per heavy atom. The van der Waals surface area contributed by atoms with Gasteiger partial charge in [-0.15, -0.1) is 0 Å². The van der Waals surface area contributed by atoms with Crippen molar-refractivity contribution in [3.8, 4) is 0 Å². The number of sulfone groups is 1. The third-order valence-electron chi connectivity index (χ3n) is 4.97. The zero-order valence-electron chi connectivity index (χ0n) is 14.3. The van der Waals surface area contributed by atoms with Crippen LogP contribution in [0.2, 0.25) is 5.02 Å². The SMILES string of the molecule is NC(=NCC1CCCCS1(=O)=O)N1CCN(c2ccc(Cl)cc2)CC1. The van der Waals surface area contributed by atoms with Gasteiger partial charge in [0.05, 0.1) is 17.5 Å². The highest BCUT2D eigenvalue weighted by atomic mass is 35.5. The molecule has 1 unspecified atom stereocenters. The molecule has 1 atom stereocenters. The van der Waals surface area contributed by atoms with E-state index < -0.39 is 9.84 Å². The summed E-state index contributed by atoms with van der Waals surface area (Å²) in [6.07, 6.45) is 2.42. The van der Waals surface area contributed by atoms with E-state index in [-0.39, 0.29) is 17.5 Å². The molecule has 1 aromatic rings. The molecule has 2 N–H and O–H groups in total. The predicted molar refractivity (Wildman–Crippen MR) is 103 cm³/mol. The van der Waals surface area contributed by atoms with Crippen LogP contribution in [0.25, 0.3) is 0 Å². The Bertz CT molecular complexity index is 713. The Hall–Kier alpha value is -1.47. The smallest absolute Gasteiger partial charge is 0.191 e. The van der Waals surface area contributed by atoms with Crippen LogP contribution in [0, 0.1) is 0 Å². The molecule has 8 heteroatoms. The fourth-order valence-electron chi connectivity index (χ4n) is 3.37. The maximum absolute atomic E-state index is 12.1. The highest BCUT2D eigenvalue weighted by Crippen LogP contribution is 2.21. The first-order chi connectivity index (χ1) is 12.0. The van der Waals surface area contributed by atoms with Crippen LogP contribution in [0.5, 0.6) is 0 Å². The van der Waals surface area contributed by atoms with Gasteiger partial charge in [-0.2, -0.15) is 0 Å². The second kappa shape index (κ2) is 7.83. The van der Waals surface area contributed by atoms with Gasteiger partial charge in [0, 0.05) is 36.9 Å². The normalized spacial score (nSPS) is 24.4. The van der Waals surface area contributed by atoms with Crippen LogP contribution in [0.1, 0.15) is 19.3 Å². The summed E-state index contributed by atoms with van der Waals surface area (Å²) in [5.74, 6) is 0.740. The summed E-state index contributed by atoms with van der Waals surface area (Å²) >= 11 is 5.93. The number of halogens is 1. The van der Waals surface area contributed by atoms with E-state index in [0.717, 1.165) is 49.7 Å². The molecule has 0 aromatic heterocycles. The molecule has 0 spiro atoms. The highest BCUT2D eigenvalue weighted by molar-refractivity contribution is 7.92. The van der Waals surface area contributed by atoms with Crippen LogP contribution in [0.15, 0.2) is 29.3 Å². The lowest BCUT2D eigenvalue weighted by atomic mass is 10.2. The van der Waals surface area contributed by atoms with E-state index in [4.69, 9.17) is 17.3 Å². The average Bonchev–Trinajstić information content (AvgIpc) is 2.61. The summed E-state index contributed by atoms with van der Waals surface area (Å²) in [6, 6.07) is 7.82. The molecular weight excluding hydrogens is 360 g/mol. The minimum atomic E-state index is -3.00. The molecular formula is C17H25ClN4O2S.